The Morgan fingerprint density at radius 1 is 1.50 bits per heavy atom. The molecule has 0 amide bonds. The number of fused-ring (bicyclic) bond motifs is 2. The molecule has 7 nitrogen and oxygen atoms in total. The second kappa shape index (κ2) is 4.82. The van der Waals surface area contributed by atoms with E-state index in [2.05, 4.69) is 4.74 Å². The van der Waals surface area contributed by atoms with Gasteiger partial charge in [0.15, 0.2) is 0 Å². The van der Waals surface area contributed by atoms with E-state index < -0.39 is 51.1 Å². The standard InChI is InChI=1S/C11H13F3O7S/c1-9-2-3-10(5-9,21-7(9)15)8(16)20-4-6(12)11(13,14)22(17,18)19/h6H,2-5H2,1H3,(H,17,18,19). The van der Waals surface area contributed by atoms with E-state index in [9.17, 15) is 31.2 Å². The van der Waals surface area contributed by atoms with Gasteiger partial charge in [0.1, 0.15) is 6.61 Å². The number of alkyl halides is 3. The smallest absolute Gasteiger partial charge is 0.403 e. The molecule has 11 heteroatoms. The number of hydrogen-bond acceptors (Lipinski definition) is 6. The molecule has 3 atom stereocenters. The third kappa shape index (κ3) is 2.45. The summed E-state index contributed by atoms with van der Waals surface area (Å²) >= 11 is 0. The predicted molar refractivity (Wildman–Crippen MR) is 63.1 cm³/mol. The van der Waals surface area contributed by atoms with Crippen LogP contribution >= 0.6 is 0 Å². The summed E-state index contributed by atoms with van der Waals surface area (Å²) in [6.07, 6.45) is -3.02. The van der Waals surface area contributed by atoms with Gasteiger partial charge in [-0.3, -0.25) is 9.35 Å². The first-order valence-electron chi connectivity index (χ1n) is 6.24. The van der Waals surface area contributed by atoms with E-state index in [1.54, 1.807) is 6.92 Å². The van der Waals surface area contributed by atoms with Gasteiger partial charge in [-0.15, -0.1) is 0 Å². The molecule has 2 bridgehead atoms. The van der Waals surface area contributed by atoms with Crippen LogP contribution in [0, 0.1) is 5.41 Å². The van der Waals surface area contributed by atoms with Crippen LogP contribution in [0.25, 0.3) is 0 Å². The number of carbonyl (C=O) groups excluding carboxylic acids is 2. The molecular formula is C11H13F3O7S. The average Bonchev–Trinajstić information content (AvgIpc) is 2.85. The minimum atomic E-state index is -5.98. The van der Waals surface area contributed by atoms with E-state index in [1.807, 2.05) is 0 Å². The van der Waals surface area contributed by atoms with Crippen LogP contribution in [-0.4, -0.2) is 48.5 Å². The van der Waals surface area contributed by atoms with Crippen LogP contribution in [0.5, 0.6) is 0 Å². The van der Waals surface area contributed by atoms with Crippen molar-refractivity contribution in [1.82, 2.24) is 0 Å². The summed E-state index contributed by atoms with van der Waals surface area (Å²) in [4.78, 5) is 23.4. The van der Waals surface area contributed by atoms with Crippen molar-refractivity contribution in [2.45, 2.75) is 43.2 Å². The molecule has 0 aromatic heterocycles. The van der Waals surface area contributed by atoms with Gasteiger partial charge < -0.3 is 9.47 Å². The van der Waals surface area contributed by atoms with Crippen molar-refractivity contribution in [1.29, 1.82) is 0 Å². The molecule has 22 heavy (non-hydrogen) atoms. The first-order chi connectivity index (χ1) is 9.84. The van der Waals surface area contributed by atoms with Gasteiger partial charge in [-0.2, -0.15) is 17.2 Å². The Morgan fingerprint density at radius 3 is 2.50 bits per heavy atom. The summed E-state index contributed by atoms with van der Waals surface area (Å²) in [7, 11) is -5.98. The maximum absolute atomic E-state index is 13.2. The largest absolute Gasteiger partial charge is 0.459 e. The molecule has 2 aliphatic rings. The maximum Gasteiger partial charge on any atom is 0.403 e. The number of esters is 2. The van der Waals surface area contributed by atoms with Crippen LogP contribution < -0.4 is 0 Å². The van der Waals surface area contributed by atoms with Gasteiger partial charge in [-0.1, -0.05) is 0 Å². The molecule has 1 aliphatic heterocycles. The maximum atomic E-state index is 13.2. The SMILES string of the molecule is CC12CCC(C(=O)OCC(F)C(F)(F)S(=O)(=O)O)(C1)OC2=O. The van der Waals surface area contributed by atoms with Crippen LogP contribution in [0.4, 0.5) is 13.2 Å². The second-order valence-electron chi connectivity index (χ2n) is 5.72. The zero-order chi connectivity index (χ0) is 17.0. The van der Waals surface area contributed by atoms with E-state index >= 15 is 0 Å². The van der Waals surface area contributed by atoms with E-state index in [0.717, 1.165) is 0 Å². The van der Waals surface area contributed by atoms with Crippen LogP contribution in [0.3, 0.4) is 0 Å². The molecule has 0 aromatic rings. The molecule has 0 spiro atoms. The van der Waals surface area contributed by atoms with E-state index in [0.29, 0.717) is 6.42 Å². The quantitative estimate of drug-likeness (QED) is 0.580. The minimum Gasteiger partial charge on any atom is -0.459 e. The van der Waals surface area contributed by atoms with Crippen molar-refractivity contribution in [3.05, 3.63) is 0 Å². The summed E-state index contributed by atoms with van der Waals surface area (Å²) in [5.41, 5.74) is -2.51. The number of rotatable bonds is 5. The lowest BCUT2D eigenvalue weighted by Gasteiger charge is -2.25. The van der Waals surface area contributed by atoms with E-state index in [-0.39, 0.29) is 12.8 Å². The number of ether oxygens (including phenoxy) is 2. The van der Waals surface area contributed by atoms with Crippen LogP contribution in [-0.2, 0) is 29.2 Å². The minimum absolute atomic E-state index is 0.0106. The Bertz CT molecular complexity index is 619. The predicted octanol–water partition coefficient (Wildman–Crippen LogP) is 0.834. The molecule has 2 fully saturated rings. The van der Waals surface area contributed by atoms with E-state index in [1.165, 1.54) is 0 Å². The van der Waals surface area contributed by atoms with Gasteiger partial charge in [0.05, 0.1) is 5.41 Å². The molecule has 1 saturated heterocycles. The summed E-state index contributed by atoms with van der Waals surface area (Å²) < 4.78 is 77.4. The van der Waals surface area contributed by atoms with Crippen molar-refractivity contribution < 1.29 is 45.2 Å². The van der Waals surface area contributed by atoms with Gasteiger partial charge in [-0.25, -0.2) is 9.18 Å². The third-order valence-corrected chi connectivity index (χ3v) is 4.92. The third-order valence-electron chi connectivity index (χ3n) is 3.98. The second-order valence-corrected chi connectivity index (χ2v) is 7.22. The van der Waals surface area contributed by atoms with Gasteiger partial charge >= 0.3 is 27.3 Å². The van der Waals surface area contributed by atoms with Crippen molar-refractivity contribution in [3.63, 3.8) is 0 Å². The fourth-order valence-electron chi connectivity index (χ4n) is 2.60. The molecule has 1 saturated carbocycles. The zero-order valence-electron chi connectivity index (χ0n) is 11.3. The van der Waals surface area contributed by atoms with Crippen molar-refractivity contribution in [2.75, 3.05) is 6.61 Å². The monoisotopic (exact) mass is 346 g/mol. The first kappa shape index (κ1) is 17.0. The molecule has 2 rings (SSSR count). The summed E-state index contributed by atoms with van der Waals surface area (Å²) in [6, 6.07) is 0. The Hall–Kier alpha value is -1.36. The fourth-order valence-corrected chi connectivity index (χ4v) is 2.99. The van der Waals surface area contributed by atoms with Crippen LogP contribution in [0.2, 0.25) is 0 Å². The molecule has 0 aromatic carbocycles. The highest BCUT2D eigenvalue weighted by atomic mass is 32.2. The normalized spacial score (nSPS) is 32.7. The lowest BCUT2D eigenvalue weighted by molar-refractivity contribution is -0.181. The fraction of sp³-hybridized carbons (Fsp3) is 0.818. The topological polar surface area (TPSA) is 107 Å². The zero-order valence-corrected chi connectivity index (χ0v) is 12.2. The number of carbonyl (C=O) groups is 2. The Balaban J connectivity index is 2.02. The molecule has 0 radical (unpaired) electrons. The Morgan fingerprint density at radius 2 is 2.09 bits per heavy atom. The van der Waals surface area contributed by atoms with Crippen molar-refractivity contribution in [3.8, 4) is 0 Å². The van der Waals surface area contributed by atoms with Crippen LogP contribution in [0.1, 0.15) is 26.2 Å². The molecule has 126 valence electrons. The lowest BCUT2D eigenvalue weighted by Crippen LogP contribution is -2.44. The first-order valence-corrected chi connectivity index (χ1v) is 7.68. The van der Waals surface area contributed by atoms with Gasteiger partial charge in [-0.05, 0) is 19.8 Å². The highest BCUT2D eigenvalue weighted by Gasteiger charge is 2.65. The average molecular weight is 346 g/mol. The molecular weight excluding hydrogens is 333 g/mol. The molecule has 1 N–H and O–H groups in total. The molecule has 3 unspecified atom stereocenters. The summed E-state index contributed by atoms with van der Waals surface area (Å²) in [6.45, 7) is -0.0244. The number of hydrogen-bond donors (Lipinski definition) is 1. The lowest BCUT2D eigenvalue weighted by atomic mass is 9.90. The summed E-state index contributed by atoms with van der Waals surface area (Å²) in [5, 5.41) is -5.11. The van der Waals surface area contributed by atoms with Crippen LogP contribution in [0.15, 0.2) is 0 Å². The Kier molecular flexibility index (Phi) is 3.72. The highest BCUT2D eigenvalue weighted by molar-refractivity contribution is 7.86. The Labute approximate surface area is 123 Å². The molecule has 1 heterocycles. The van der Waals surface area contributed by atoms with E-state index in [4.69, 9.17) is 9.29 Å². The van der Waals surface area contributed by atoms with Gasteiger partial charge in [0, 0.05) is 6.42 Å². The number of halogens is 3. The van der Waals surface area contributed by atoms with Crippen molar-refractivity contribution >= 4 is 22.1 Å². The van der Waals surface area contributed by atoms with Gasteiger partial charge in [0.25, 0.3) is 0 Å². The van der Waals surface area contributed by atoms with Gasteiger partial charge in [0.2, 0.25) is 11.8 Å². The highest BCUT2D eigenvalue weighted by Crippen LogP contribution is 2.54. The van der Waals surface area contributed by atoms with Crippen molar-refractivity contribution in [2.24, 2.45) is 5.41 Å². The molecule has 1 aliphatic carbocycles. The summed E-state index contributed by atoms with van der Waals surface area (Å²) in [5.74, 6) is -1.84.